The number of benzene rings is 1. The number of carbonyl (C=O) groups excluding carboxylic acids is 1. The Morgan fingerprint density at radius 3 is 2.26 bits per heavy atom. The molecule has 1 N–H and O–H groups in total. The summed E-state index contributed by atoms with van der Waals surface area (Å²) in [6.45, 7) is 1.86. The molecule has 8 heteroatoms. The molecule has 1 heterocycles. The van der Waals surface area contributed by atoms with E-state index in [4.69, 9.17) is 4.74 Å². The predicted octanol–water partition coefficient (Wildman–Crippen LogP) is 2.16. The van der Waals surface area contributed by atoms with E-state index in [0.717, 1.165) is 5.56 Å². The monoisotopic (exact) mass is 409 g/mol. The maximum atomic E-state index is 12.1. The third kappa shape index (κ3) is 3.07. The number of carbonyl (C=O) groups is 1. The van der Waals surface area contributed by atoms with Crippen LogP contribution in [0, 0.1) is 6.92 Å². The highest BCUT2D eigenvalue weighted by Gasteiger charge is 2.34. The lowest BCUT2D eigenvalue weighted by molar-refractivity contribution is -0.139. The van der Waals surface area contributed by atoms with Gasteiger partial charge in [-0.15, -0.1) is 0 Å². The molecule has 0 saturated carbocycles. The summed E-state index contributed by atoms with van der Waals surface area (Å²) in [5.74, 6) is -0.622. The van der Waals surface area contributed by atoms with Crippen LogP contribution in [0.4, 0.5) is 0 Å². The highest BCUT2D eigenvalue weighted by atomic mass is 79.9. The molecule has 0 aromatic heterocycles. The Balaban J connectivity index is 2.24. The zero-order valence-corrected chi connectivity index (χ0v) is 13.7. The molecule has 5 nitrogen and oxygen atoms in total. The minimum Gasteiger partial charge on any atom is -0.437 e. The summed E-state index contributed by atoms with van der Waals surface area (Å²) < 4.78 is 31.8. The Kier molecular flexibility index (Phi) is 4.14. The minimum atomic E-state index is -3.75. The first-order valence-corrected chi connectivity index (χ1v) is 8.23. The normalized spacial score (nSPS) is 19.7. The second-order valence-corrected chi connectivity index (χ2v) is 7.24. The smallest absolute Gasteiger partial charge is 0.348 e. The third-order valence-corrected chi connectivity index (χ3v) is 5.95. The topological polar surface area (TPSA) is 72.5 Å². The first-order chi connectivity index (χ1) is 8.81. The summed E-state index contributed by atoms with van der Waals surface area (Å²) >= 11 is 6.11. The molecule has 19 heavy (non-hydrogen) atoms. The molecule has 0 saturated heterocycles. The lowest BCUT2D eigenvalue weighted by Gasteiger charge is -2.13. The number of sulfonamides is 1. The first-order valence-electron chi connectivity index (χ1n) is 5.16. The van der Waals surface area contributed by atoms with Crippen LogP contribution in [0.1, 0.15) is 5.56 Å². The number of rotatable bonds is 3. The summed E-state index contributed by atoms with van der Waals surface area (Å²) in [6.07, 6.45) is -1.05. The van der Waals surface area contributed by atoms with Crippen LogP contribution >= 0.6 is 31.9 Å². The molecule has 2 rings (SSSR count). The van der Waals surface area contributed by atoms with Crippen LogP contribution in [0.2, 0.25) is 0 Å². The maximum Gasteiger partial charge on any atom is 0.348 e. The molecular weight excluding hydrogens is 402 g/mol. The van der Waals surface area contributed by atoms with Crippen LogP contribution < -0.4 is 4.72 Å². The molecule has 0 spiro atoms. The van der Waals surface area contributed by atoms with Gasteiger partial charge in [-0.2, -0.15) is 4.72 Å². The van der Waals surface area contributed by atoms with Crippen molar-refractivity contribution in [3.05, 3.63) is 38.8 Å². The van der Waals surface area contributed by atoms with Crippen LogP contribution in [0.5, 0.6) is 0 Å². The van der Waals surface area contributed by atoms with Crippen molar-refractivity contribution in [3.8, 4) is 0 Å². The number of nitrogens with one attached hydrogen (secondary N) is 1. The summed E-state index contributed by atoms with van der Waals surface area (Å²) in [7, 11) is -3.75. The van der Waals surface area contributed by atoms with E-state index in [-0.39, 0.29) is 9.38 Å². The largest absolute Gasteiger partial charge is 0.437 e. The second-order valence-electron chi connectivity index (χ2n) is 3.88. The molecule has 0 radical (unpaired) electrons. The van der Waals surface area contributed by atoms with Crippen molar-refractivity contribution in [2.45, 2.75) is 18.0 Å². The van der Waals surface area contributed by atoms with Gasteiger partial charge in [0.05, 0.1) is 9.38 Å². The number of hydrogen-bond acceptors (Lipinski definition) is 4. The van der Waals surface area contributed by atoms with Gasteiger partial charge < -0.3 is 4.74 Å². The standard InChI is InChI=1S/C11H9Br2NO4S/c1-6-2-4-7(5-3-6)19(16,17)14-10-8(12)9(13)11(15)18-10/h2-5,10,14H,1H3/t10-/m0/s1. The van der Waals surface area contributed by atoms with Crippen LogP contribution in [0.25, 0.3) is 0 Å². The zero-order chi connectivity index (χ0) is 14.2. The Morgan fingerprint density at radius 2 is 1.79 bits per heavy atom. The molecular formula is C11H9Br2NO4S. The Labute approximate surface area is 127 Å². The fourth-order valence-corrected chi connectivity index (χ4v) is 3.33. The highest BCUT2D eigenvalue weighted by molar-refractivity contribution is 9.14. The Hall–Kier alpha value is -0.700. The van der Waals surface area contributed by atoms with E-state index in [1.54, 1.807) is 12.1 Å². The van der Waals surface area contributed by atoms with Gasteiger partial charge in [0, 0.05) is 0 Å². The van der Waals surface area contributed by atoms with Crippen LogP contribution in [-0.2, 0) is 19.6 Å². The highest BCUT2D eigenvalue weighted by Crippen LogP contribution is 2.31. The van der Waals surface area contributed by atoms with Gasteiger partial charge in [0.2, 0.25) is 16.3 Å². The van der Waals surface area contributed by atoms with Gasteiger partial charge >= 0.3 is 5.97 Å². The van der Waals surface area contributed by atoms with Gasteiger partial charge in [0.25, 0.3) is 0 Å². The van der Waals surface area contributed by atoms with E-state index < -0.39 is 22.2 Å². The molecule has 0 aliphatic carbocycles. The number of hydrogen-bond donors (Lipinski definition) is 1. The molecule has 1 aliphatic heterocycles. The van der Waals surface area contributed by atoms with Crippen molar-refractivity contribution in [1.82, 2.24) is 4.72 Å². The van der Waals surface area contributed by atoms with Crippen molar-refractivity contribution in [2.24, 2.45) is 0 Å². The number of esters is 1. The predicted molar refractivity (Wildman–Crippen MR) is 76.3 cm³/mol. The Bertz CT molecular complexity index is 652. The van der Waals surface area contributed by atoms with E-state index in [1.807, 2.05) is 6.92 Å². The van der Waals surface area contributed by atoms with E-state index >= 15 is 0 Å². The average molecular weight is 411 g/mol. The first kappa shape index (κ1) is 14.7. The molecule has 0 fully saturated rings. The van der Waals surface area contributed by atoms with Gasteiger partial charge in [-0.05, 0) is 50.9 Å². The number of halogens is 2. The third-order valence-electron chi connectivity index (χ3n) is 2.44. The SMILES string of the molecule is Cc1ccc(S(=O)(=O)N[C@H]2OC(=O)C(Br)=C2Br)cc1. The maximum absolute atomic E-state index is 12.1. The van der Waals surface area contributed by atoms with Crippen LogP contribution in [0.15, 0.2) is 38.1 Å². The van der Waals surface area contributed by atoms with Crippen LogP contribution in [-0.4, -0.2) is 20.6 Å². The zero-order valence-electron chi connectivity index (χ0n) is 9.68. The van der Waals surface area contributed by atoms with Crippen molar-refractivity contribution >= 4 is 47.9 Å². The van der Waals surface area contributed by atoms with Gasteiger partial charge in [-0.25, -0.2) is 13.2 Å². The summed E-state index contributed by atoms with van der Waals surface area (Å²) in [4.78, 5) is 11.4. The van der Waals surface area contributed by atoms with Crippen molar-refractivity contribution in [3.63, 3.8) is 0 Å². The lowest BCUT2D eigenvalue weighted by atomic mass is 10.2. The summed E-state index contributed by atoms with van der Waals surface area (Å²) in [5, 5.41) is 0. The van der Waals surface area contributed by atoms with Gasteiger partial charge in [-0.1, -0.05) is 17.7 Å². The molecule has 0 unspecified atom stereocenters. The van der Waals surface area contributed by atoms with E-state index in [1.165, 1.54) is 12.1 Å². The van der Waals surface area contributed by atoms with Crippen molar-refractivity contribution < 1.29 is 17.9 Å². The van der Waals surface area contributed by atoms with E-state index in [0.29, 0.717) is 4.48 Å². The van der Waals surface area contributed by atoms with E-state index in [9.17, 15) is 13.2 Å². The summed E-state index contributed by atoms with van der Waals surface area (Å²) in [5.41, 5.74) is 0.954. The van der Waals surface area contributed by atoms with E-state index in [2.05, 4.69) is 36.6 Å². The van der Waals surface area contributed by atoms with Crippen molar-refractivity contribution in [1.29, 1.82) is 0 Å². The van der Waals surface area contributed by atoms with Gasteiger partial charge in [0.15, 0.2) is 0 Å². The molecule has 1 aromatic carbocycles. The molecule has 0 amide bonds. The van der Waals surface area contributed by atoms with Crippen molar-refractivity contribution in [2.75, 3.05) is 0 Å². The van der Waals surface area contributed by atoms with Gasteiger partial charge in [-0.3, -0.25) is 0 Å². The summed E-state index contributed by atoms with van der Waals surface area (Å²) in [6, 6.07) is 6.36. The molecule has 1 atom stereocenters. The minimum absolute atomic E-state index is 0.109. The molecule has 1 aliphatic rings. The van der Waals surface area contributed by atoms with Crippen LogP contribution in [0.3, 0.4) is 0 Å². The lowest BCUT2D eigenvalue weighted by Crippen LogP contribution is -2.35. The number of cyclic esters (lactones) is 1. The average Bonchev–Trinajstić information content (AvgIpc) is 2.57. The quantitative estimate of drug-likeness (QED) is 0.775. The number of aryl methyl sites for hydroxylation is 1. The number of ether oxygens (including phenoxy) is 1. The fourth-order valence-electron chi connectivity index (χ4n) is 1.43. The Morgan fingerprint density at radius 1 is 1.21 bits per heavy atom. The molecule has 1 aromatic rings. The second kappa shape index (κ2) is 5.35. The fraction of sp³-hybridized carbons (Fsp3) is 0.182. The molecule has 0 bridgehead atoms. The van der Waals surface area contributed by atoms with Gasteiger partial charge in [0.1, 0.15) is 4.48 Å². The molecule has 102 valence electrons.